The highest BCUT2D eigenvalue weighted by molar-refractivity contribution is 6.38. The molecule has 2 atom stereocenters. The number of ketones is 1. The minimum atomic E-state index is -1.22. The molecule has 3 amide bonds. The molecule has 1 heterocycles. The molecular weight excluding hydrogens is 638 g/mol. The highest BCUT2D eigenvalue weighted by Gasteiger charge is 2.41. The zero-order valence-corrected chi connectivity index (χ0v) is 29.8. The van der Waals surface area contributed by atoms with Gasteiger partial charge in [-0.1, -0.05) is 19.9 Å². The van der Waals surface area contributed by atoms with E-state index in [1.807, 2.05) is 12.1 Å². The van der Waals surface area contributed by atoms with Gasteiger partial charge in [0.05, 0.1) is 14.2 Å². The van der Waals surface area contributed by atoms with Crippen LogP contribution in [0.25, 0.3) is 0 Å². The Bertz CT molecular complexity index is 1320. The molecular formula is C35H53N3O11. The van der Waals surface area contributed by atoms with Crippen molar-refractivity contribution in [2.24, 2.45) is 5.41 Å². The number of carboxylic acid groups (broad SMARTS) is 1. The number of carbonyl (C=O) groups is 6. The van der Waals surface area contributed by atoms with Gasteiger partial charge in [0.1, 0.15) is 17.7 Å². The molecule has 14 heteroatoms. The summed E-state index contributed by atoms with van der Waals surface area (Å²) >= 11 is 0. The lowest BCUT2D eigenvalue weighted by molar-refractivity contribution is -0.164. The lowest BCUT2D eigenvalue weighted by Crippen LogP contribution is -2.53. The summed E-state index contributed by atoms with van der Waals surface area (Å²) in [5.41, 5.74) is -0.980. The summed E-state index contributed by atoms with van der Waals surface area (Å²) in [5.74, 6) is -2.52. The predicted octanol–water partition coefficient (Wildman–Crippen LogP) is 3.81. The fourth-order valence-corrected chi connectivity index (χ4v) is 5.30. The first kappa shape index (κ1) is 40.8. The van der Waals surface area contributed by atoms with Crippen molar-refractivity contribution < 1.29 is 52.8 Å². The van der Waals surface area contributed by atoms with Crippen molar-refractivity contribution in [1.82, 2.24) is 15.5 Å². The molecule has 14 nitrogen and oxygen atoms in total. The van der Waals surface area contributed by atoms with Crippen LogP contribution < -0.4 is 20.1 Å². The van der Waals surface area contributed by atoms with E-state index in [-0.39, 0.29) is 51.2 Å². The van der Waals surface area contributed by atoms with Crippen LogP contribution in [0.3, 0.4) is 0 Å². The zero-order valence-electron chi connectivity index (χ0n) is 29.8. The number of methoxy groups -OCH3 is 2. The van der Waals surface area contributed by atoms with Gasteiger partial charge in [-0.3, -0.25) is 19.2 Å². The lowest BCUT2D eigenvalue weighted by Gasteiger charge is -2.36. The molecule has 0 spiro atoms. The van der Waals surface area contributed by atoms with Crippen LogP contribution in [0.5, 0.6) is 11.5 Å². The number of aliphatic carboxylic acids is 1. The second-order valence-corrected chi connectivity index (χ2v) is 13.7. The van der Waals surface area contributed by atoms with Crippen molar-refractivity contribution in [1.29, 1.82) is 0 Å². The molecule has 0 unspecified atom stereocenters. The van der Waals surface area contributed by atoms with Crippen LogP contribution in [0.15, 0.2) is 18.2 Å². The van der Waals surface area contributed by atoms with Crippen LogP contribution >= 0.6 is 0 Å². The first-order valence-electron chi connectivity index (χ1n) is 16.7. The van der Waals surface area contributed by atoms with Crippen LogP contribution in [0.4, 0.5) is 4.79 Å². The third-order valence-corrected chi connectivity index (χ3v) is 8.10. The number of benzene rings is 1. The normalized spacial score (nSPS) is 15.4. The predicted molar refractivity (Wildman–Crippen MR) is 179 cm³/mol. The SMILES string of the molecule is COc1ccc(CC[C@H](CCC(=O)NCCNC(=O)OC(C)(C)C)OC(=O)[C@@H]2CCCCN2C(=O)C(=O)C(C)(C)CCC(=O)O)cc1OC. The largest absolute Gasteiger partial charge is 0.493 e. The van der Waals surface area contributed by atoms with Gasteiger partial charge in [0, 0.05) is 37.9 Å². The summed E-state index contributed by atoms with van der Waals surface area (Å²) in [6, 6.07) is 4.47. The zero-order chi connectivity index (χ0) is 36.8. The Balaban J connectivity index is 2.12. The number of alkyl carbamates (subject to hydrolysis) is 1. The van der Waals surface area contributed by atoms with Crippen LogP contribution in [0.1, 0.15) is 91.5 Å². The third-order valence-electron chi connectivity index (χ3n) is 8.10. The molecule has 0 radical (unpaired) electrons. The number of piperidine rings is 1. The Hall–Kier alpha value is -4.36. The van der Waals surface area contributed by atoms with Crippen molar-refractivity contribution in [3.05, 3.63) is 23.8 Å². The van der Waals surface area contributed by atoms with E-state index in [9.17, 15) is 28.8 Å². The van der Waals surface area contributed by atoms with Gasteiger partial charge in [-0.2, -0.15) is 0 Å². The minimum Gasteiger partial charge on any atom is -0.493 e. The topological polar surface area (TPSA) is 187 Å². The van der Waals surface area contributed by atoms with Gasteiger partial charge in [0.25, 0.3) is 5.91 Å². The minimum absolute atomic E-state index is 0.0206. The number of nitrogens with one attached hydrogen (secondary N) is 2. The molecule has 0 aromatic heterocycles. The van der Waals surface area contributed by atoms with Crippen LogP contribution in [0, 0.1) is 5.41 Å². The van der Waals surface area contributed by atoms with E-state index in [0.29, 0.717) is 43.6 Å². The summed E-state index contributed by atoms with van der Waals surface area (Å²) in [4.78, 5) is 77.1. The number of amides is 3. The van der Waals surface area contributed by atoms with Gasteiger partial charge >= 0.3 is 18.0 Å². The van der Waals surface area contributed by atoms with Crippen molar-refractivity contribution in [2.45, 2.75) is 110 Å². The first-order valence-corrected chi connectivity index (χ1v) is 16.7. The number of Topliss-reactive ketones (excluding diaryl/α,β-unsaturated/α-hetero) is 1. The second-order valence-electron chi connectivity index (χ2n) is 13.7. The quantitative estimate of drug-likeness (QED) is 0.115. The van der Waals surface area contributed by atoms with Crippen molar-refractivity contribution in [2.75, 3.05) is 33.9 Å². The number of esters is 1. The number of hydrogen-bond acceptors (Lipinski definition) is 10. The number of rotatable bonds is 18. The van der Waals surface area contributed by atoms with Crippen molar-refractivity contribution in [3.8, 4) is 11.5 Å². The molecule has 0 saturated carbocycles. The Labute approximate surface area is 288 Å². The first-order chi connectivity index (χ1) is 23.0. The Kier molecular flexibility index (Phi) is 15.8. The van der Waals surface area contributed by atoms with Gasteiger partial charge < -0.3 is 39.6 Å². The number of ether oxygens (including phenoxy) is 4. The average molecular weight is 692 g/mol. The van der Waals surface area contributed by atoms with Gasteiger partial charge in [0.2, 0.25) is 11.7 Å². The van der Waals surface area contributed by atoms with E-state index >= 15 is 0 Å². The summed E-state index contributed by atoms with van der Waals surface area (Å²) < 4.78 is 21.9. The third kappa shape index (κ3) is 14.0. The number of carbonyl (C=O) groups excluding carboxylic acids is 5. The molecule has 1 saturated heterocycles. The van der Waals surface area contributed by atoms with E-state index < -0.39 is 52.9 Å². The summed E-state index contributed by atoms with van der Waals surface area (Å²) in [6.45, 7) is 8.81. The van der Waals surface area contributed by atoms with Crippen LogP contribution in [-0.2, 0) is 39.9 Å². The van der Waals surface area contributed by atoms with E-state index in [1.165, 1.54) is 33.0 Å². The molecule has 0 aliphatic carbocycles. The fourth-order valence-electron chi connectivity index (χ4n) is 5.30. The standard InChI is InChI=1S/C35H53N3O11/c1-34(2,3)49-33(45)37-20-19-36-28(39)16-14-24(13-11-23-12-15-26(46-6)27(22-23)47-7)48-32(44)25-10-8-9-21-38(25)31(43)30(42)35(4,5)18-17-29(40)41/h12,15,22,24-25H,8-11,13-14,16-21H2,1-7H3,(H,36,39)(H,37,45)(H,40,41)/t24-,25+/m1/s1. The molecule has 1 aliphatic rings. The molecule has 274 valence electrons. The van der Waals surface area contributed by atoms with Crippen molar-refractivity contribution >= 4 is 35.6 Å². The van der Waals surface area contributed by atoms with Crippen molar-refractivity contribution in [3.63, 3.8) is 0 Å². The highest BCUT2D eigenvalue weighted by atomic mass is 16.6. The second kappa shape index (κ2) is 19.0. The maximum atomic E-state index is 13.6. The number of carboxylic acids is 1. The highest BCUT2D eigenvalue weighted by Crippen LogP contribution is 2.30. The molecule has 2 rings (SSSR count). The molecule has 1 aromatic carbocycles. The Morgan fingerprint density at radius 3 is 2.22 bits per heavy atom. The molecule has 3 N–H and O–H groups in total. The van der Waals surface area contributed by atoms with E-state index in [1.54, 1.807) is 26.8 Å². The molecule has 0 bridgehead atoms. The summed E-state index contributed by atoms with van der Waals surface area (Å²) in [7, 11) is 3.07. The molecule has 49 heavy (non-hydrogen) atoms. The fraction of sp³-hybridized carbons (Fsp3) is 0.657. The van der Waals surface area contributed by atoms with Gasteiger partial charge in [-0.15, -0.1) is 0 Å². The van der Waals surface area contributed by atoms with Crippen LogP contribution in [0.2, 0.25) is 0 Å². The molecule has 1 aliphatic heterocycles. The summed E-state index contributed by atoms with van der Waals surface area (Å²) in [6.07, 6.45) is 1.02. The summed E-state index contributed by atoms with van der Waals surface area (Å²) in [5, 5.41) is 14.4. The Morgan fingerprint density at radius 2 is 1.59 bits per heavy atom. The van der Waals surface area contributed by atoms with Gasteiger partial charge in [-0.25, -0.2) is 9.59 Å². The Morgan fingerprint density at radius 1 is 0.918 bits per heavy atom. The molecule has 1 aromatic rings. The maximum absolute atomic E-state index is 13.6. The van der Waals surface area contributed by atoms with Gasteiger partial charge in [0.15, 0.2) is 11.5 Å². The average Bonchev–Trinajstić information content (AvgIpc) is 3.05. The maximum Gasteiger partial charge on any atom is 0.407 e. The lowest BCUT2D eigenvalue weighted by atomic mass is 9.82. The number of hydrogen-bond donors (Lipinski definition) is 3. The van der Waals surface area contributed by atoms with Crippen LogP contribution in [-0.4, -0.2) is 97.2 Å². The number of likely N-dealkylation sites (tertiary alicyclic amines) is 1. The monoisotopic (exact) mass is 691 g/mol. The number of aryl methyl sites for hydroxylation is 1. The molecule has 1 fully saturated rings. The smallest absolute Gasteiger partial charge is 0.407 e. The number of nitrogens with zero attached hydrogens (tertiary/aromatic N) is 1. The van der Waals surface area contributed by atoms with E-state index in [2.05, 4.69) is 10.6 Å². The van der Waals surface area contributed by atoms with Gasteiger partial charge in [-0.05, 0) is 83.4 Å². The van der Waals surface area contributed by atoms with E-state index in [4.69, 9.17) is 24.1 Å². The van der Waals surface area contributed by atoms with E-state index in [0.717, 1.165) is 5.56 Å².